The highest BCUT2D eigenvalue weighted by molar-refractivity contribution is 5.15. The van der Waals surface area contributed by atoms with E-state index in [1.165, 1.54) is 6.42 Å². The third-order valence-electron chi connectivity index (χ3n) is 3.31. The molecule has 3 nitrogen and oxygen atoms in total. The van der Waals surface area contributed by atoms with E-state index in [0.717, 1.165) is 24.4 Å². The fourth-order valence-corrected chi connectivity index (χ4v) is 2.63. The Balaban J connectivity index is 2.32. The second kappa shape index (κ2) is 4.42. The maximum Gasteiger partial charge on any atom is 0.182 e. The zero-order chi connectivity index (χ0) is 11.7. The van der Waals surface area contributed by atoms with Gasteiger partial charge in [-0.3, -0.25) is 9.69 Å². The molecule has 0 aliphatic carbocycles. The van der Waals surface area contributed by atoms with Gasteiger partial charge in [-0.15, -0.1) is 0 Å². The molecule has 88 valence electrons. The van der Waals surface area contributed by atoms with Crippen LogP contribution in [0.4, 0.5) is 0 Å². The highest BCUT2D eigenvalue weighted by Crippen LogP contribution is 2.31. The number of aryl methyl sites for hydroxylation is 1. The van der Waals surface area contributed by atoms with Crippen molar-refractivity contribution in [3.63, 3.8) is 0 Å². The van der Waals surface area contributed by atoms with Gasteiger partial charge in [0, 0.05) is 29.6 Å². The minimum atomic E-state index is 0.113. The number of likely N-dealkylation sites (tertiary alicyclic amines) is 1. The van der Waals surface area contributed by atoms with Crippen molar-refractivity contribution < 1.29 is 0 Å². The Morgan fingerprint density at radius 1 is 1.44 bits per heavy atom. The number of H-pyrrole nitrogens is 1. The number of rotatable bonds is 2. The minimum absolute atomic E-state index is 0.113. The first-order valence-corrected chi connectivity index (χ1v) is 6.04. The van der Waals surface area contributed by atoms with Gasteiger partial charge in [-0.2, -0.15) is 0 Å². The van der Waals surface area contributed by atoms with E-state index in [1.807, 2.05) is 6.92 Å². The Morgan fingerprint density at radius 2 is 2.19 bits per heavy atom. The van der Waals surface area contributed by atoms with E-state index in [4.69, 9.17) is 0 Å². The summed E-state index contributed by atoms with van der Waals surface area (Å²) in [5.74, 6) is 0. The average molecular weight is 220 g/mol. The van der Waals surface area contributed by atoms with E-state index >= 15 is 0 Å². The lowest BCUT2D eigenvalue weighted by atomic mass is 10.1. The Labute approximate surface area is 96.5 Å². The van der Waals surface area contributed by atoms with Gasteiger partial charge in [0.15, 0.2) is 5.43 Å². The molecule has 1 aliphatic rings. The molecule has 0 unspecified atom stereocenters. The number of nitrogens with one attached hydrogen (secondary N) is 1. The molecule has 1 aliphatic heterocycles. The van der Waals surface area contributed by atoms with E-state index in [2.05, 4.69) is 23.7 Å². The molecule has 0 spiro atoms. The van der Waals surface area contributed by atoms with Crippen LogP contribution in [-0.4, -0.2) is 22.5 Å². The van der Waals surface area contributed by atoms with Crippen molar-refractivity contribution in [2.75, 3.05) is 6.54 Å². The normalized spacial score (nSPS) is 21.9. The maximum atomic E-state index is 11.5. The molecule has 0 aromatic carbocycles. The molecule has 1 aromatic heterocycles. The number of aromatic nitrogens is 1. The molecular formula is C13H20N2O. The molecule has 2 rings (SSSR count). The monoisotopic (exact) mass is 220 g/mol. The standard InChI is InChI=1S/C13H20N2O/c1-9(2)15-6-4-5-13(15)12-8-11(16)7-10(3)14-12/h7-9,13H,4-6H2,1-3H3,(H,14,16)/t13-/m1/s1. The van der Waals surface area contributed by atoms with Gasteiger partial charge < -0.3 is 4.98 Å². The van der Waals surface area contributed by atoms with Gasteiger partial charge >= 0.3 is 0 Å². The van der Waals surface area contributed by atoms with Crippen LogP contribution in [0.2, 0.25) is 0 Å². The molecular weight excluding hydrogens is 200 g/mol. The third kappa shape index (κ3) is 2.19. The number of nitrogens with zero attached hydrogens (tertiary/aromatic N) is 1. The Kier molecular flexibility index (Phi) is 3.15. The molecule has 3 heteroatoms. The summed E-state index contributed by atoms with van der Waals surface area (Å²) in [5, 5.41) is 0. The first kappa shape index (κ1) is 11.4. The van der Waals surface area contributed by atoms with E-state index in [9.17, 15) is 4.79 Å². The van der Waals surface area contributed by atoms with Gasteiger partial charge in [-0.25, -0.2) is 0 Å². The van der Waals surface area contributed by atoms with Gasteiger partial charge in [-0.1, -0.05) is 0 Å². The predicted molar refractivity (Wildman–Crippen MR) is 65.6 cm³/mol. The van der Waals surface area contributed by atoms with Crippen molar-refractivity contribution in [2.45, 2.75) is 45.7 Å². The molecule has 0 amide bonds. The molecule has 1 N–H and O–H groups in total. The van der Waals surface area contributed by atoms with E-state index in [0.29, 0.717) is 12.1 Å². The van der Waals surface area contributed by atoms with Crippen molar-refractivity contribution in [3.8, 4) is 0 Å². The predicted octanol–water partition coefficient (Wildman–Crippen LogP) is 2.23. The fraction of sp³-hybridized carbons (Fsp3) is 0.615. The fourth-order valence-electron chi connectivity index (χ4n) is 2.63. The second-order valence-corrected chi connectivity index (χ2v) is 4.94. The SMILES string of the molecule is Cc1cc(=O)cc([C@H]2CCCN2C(C)C)[nH]1. The van der Waals surface area contributed by atoms with Gasteiger partial charge in [0.05, 0.1) is 6.04 Å². The molecule has 2 heterocycles. The summed E-state index contributed by atoms with van der Waals surface area (Å²) in [6, 6.07) is 4.33. The van der Waals surface area contributed by atoms with Crippen molar-refractivity contribution >= 4 is 0 Å². The van der Waals surface area contributed by atoms with Gasteiger partial charge in [0.1, 0.15) is 0 Å². The summed E-state index contributed by atoms with van der Waals surface area (Å²) in [6.07, 6.45) is 2.37. The average Bonchev–Trinajstić information content (AvgIpc) is 2.63. The third-order valence-corrected chi connectivity index (χ3v) is 3.31. The molecule has 0 radical (unpaired) electrons. The summed E-state index contributed by atoms with van der Waals surface area (Å²) in [6.45, 7) is 7.51. The van der Waals surface area contributed by atoms with Crippen LogP contribution in [0.5, 0.6) is 0 Å². The van der Waals surface area contributed by atoms with E-state index < -0.39 is 0 Å². The lowest BCUT2D eigenvalue weighted by Gasteiger charge is -2.28. The summed E-state index contributed by atoms with van der Waals surface area (Å²) >= 11 is 0. The molecule has 1 aromatic rings. The summed E-state index contributed by atoms with van der Waals surface area (Å²) in [5.41, 5.74) is 2.15. The maximum absolute atomic E-state index is 11.5. The minimum Gasteiger partial charge on any atom is -0.361 e. The Bertz CT molecular complexity index is 422. The van der Waals surface area contributed by atoms with Crippen molar-refractivity contribution in [1.29, 1.82) is 0 Å². The van der Waals surface area contributed by atoms with Crippen LogP contribution in [0.25, 0.3) is 0 Å². The second-order valence-electron chi connectivity index (χ2n) is 4.94. The number of aromatic amines is 1. The van der Waals surface area contributed by atoms with Crippen LogP contribution in [0.1, 0.15) is 44.1 Å². The molecule has 16 heavy (non-hydrogen) atoms. The van der Waals surface area contributed by atoms with Crippen LogP contribution in [-0.2, 0) is 0 Å². The molecule has 1 fully saturated rings. The van der Waals surface area contributed by atoms with Crippen molar-refractivity contribution in [1.82, 2.24) is 9.88 Å². The zero-order valence-corrected chi connectivity index (χ0v) is 10.3. The first-order valence-electron chi connectivity index (χ1n) is 6.04. The summed E-state index contributed by atoms with van der Waals surface area (Å²) < 4.78 is 0. The Morgan fingerprint density at radius 3 is 2.81 bits per heavy atom. The van der Waals surface area contributed by atoms with Crippen LogP contribution < -0.4 is 5.43 Å². The lowest BCUT2D eigenvalue weighted by Crippen LogP contribution is -2.31. The highest BCUT2D eigenvalue weighted by Gasteiger charge is 2.28. The Hall–Kier alpha value is -1.09. The van der Waals surface area contributed by atoms with Crippen LogP contribution in [0.15, 0.2) is 16.9 Å². The molecule has 0 bridgehead atoms. The van der Waals surface area contributed by atoms with Crippen LogP contribution >= 0.6 is 0 Å². The van der Waals surface area contributed by atoms with E-state index in [1.54, 1.807) is 12.1 Å². The van der Waals surface area contributed by atoms with Gasteiger partial charge in [0.2, 0.25) is 0 Å². The highest BCUT2D eigenvalue weighted by atomic mass is 16.1. The first-order chi connectivity index (χ1) is 7.58. The summed E-state index contributed by atoms with van der Waals surface area (Å²) in [7, 11) is 0. The molecule has 1 saturated heterocycles. The van der Waals surface area contributed by atoms with Crippen molar-refractivity contribution in [2.24, 2.45) is 0 Å². The van der Waals surface area contributed by atoms with Crippen LogP contribution in [0.3, 0.4) is 0 Å². The zero-order valence-electron chi connectivity index (χ0n) is 10.3. The van der Waals surface area contributed by atoms with Crippen LogP contribution in [0, 0.1) is 6.92 Å². The van der Waals surface area contributed by atoms with Gasteiger partial charge in [-0.05, 0) is 40.2 Å². The number of pyridine rings is 1. The van der Waals surface area contributed by atoms with E-state index in [-0.39, 0.29) is 5.43 Å². The smallest absolute Gasteiger partial charge is 0.182 e. The van der Waals surface area contributed by atoms with Gasteiger partial charge in [0.25, 0.3) is 0 Å². The summed E-state index contributed by atoms with van der Waals surface area (Å²) in [4.78, 5) is 17.3. The number of hydrogen-bond donors (Lipinski definition) is 1. The van der Waals surface area contributed by atoms with Crippen molar-refractivity contribution in [3.05, 3.63) is 33.7 Å². The quantitative estimate of drug-likeness (QED) is 0.829. The molecule has 1 atom stereocenters. The lowest BCUT2D eigenvalue weighted by molar-refractivity contribution is 0.202. The largest absolute Gasteiger partial charge is 0.361 e. The number of hydrogen-bond acceptors (Lipinski definition) is 2. The molecule has 0 saturated carbocycles. The topological polar surface area (TPSA) is 36.1 Å².